The Kier molecular flexibility index (Phi) is 4.42. The van der Waals surface area contributed by atoms with E-state index in [0.717, 1.165) is 0 Å². The monoisotopic (exact) mass is 312 g/mol. The number of aliphatic carboxylic acids is 1. The molecular weight excluding hydrogens is 300 g/mol. The van der Waals surface area contributed by atoms with Crippen LogP contribution in [0.15, 0.2) is 18.2 Å². The summed E-state index contributed by atoms with van der Waals surface area (Å²) in [6.45, 7) is 0.676. The van der Waals surface area contributed by atoms with Gasteiger partial charge in [-0.25, -0.2) is 0 Å². The summed E-state index contributed by atoms with van der Waals surface area (Å²) < 4.78 is 0. The second kappa shape index (κ2) is 6.09. The molecule has 1 aliphatic heterocycles. The number of benzene rings is 1. The molecule has 1 fully saturated rings. The number of nitro groups is 1. The molecule has 1 heterocycles. The van der Waals surface area contributed by atoms with Crippen LogP contribution >= 0.6 is 11.6 Å². The van der Waals surface area contributed by atoms with E-state index in [1.807, 2.05) is 0 Å². The molecule has 0 saturated carbocycles. The Hall–Kier alpha value is -2.15. The zero-order valence-corrected chi connectivity index (χ0v) is 11.7. The van der Waals surface area contributed by atoms with Crippen LogP contribution in [0.1, 0.15) is 23.2 Å². The number of hydrogen-bond acceptors (Lipinski definition) is 4. The molecule has 1 amide bonds. The number of nitrogens with zero attached hydrogens (tertiary/aromatic N) is 2. The summed E-state index contributed by atoms with van der Waals surface area (Å²) >= 11 is 5.80. The number of carboxylic acid groups (broad SMARTS) is 1. The number of carbonyl (C=O) groups is 2. The van der Waals surface area contributed by atoms with E-state index in [9.17, 15) is 19.7 Å². The van der Waals surface area contributed by atoms with E-state index < -0.39 is 16.8 Å². The number of carbonyl (C=O) groups excluding carboxylic acids is 1. The summed E-state index contributed by atoms with van der Waals surface area (Å²) in [6, 6.07) is 3.82. The summed E-state index contributed by atoms with van der Waals surface area (Å²) in [6.07, 6.45) is 0.563. The third-order valence-electron chi connectivity index (χ3n) is 3.42. The van der Waals surface area contributed by atoms with Crippen molar-refractivity contribution in [3.8, 4) is 0 Å². The normalized spacial score (nSPS) is 17.8. The highest BCUT2D eigenvalue weighted by atomic mass is 35.5. The lowest BCUT2D eigenvalue weighted by Crippen LogP contribution is -2.29. The van der Waals surface area contributed by atoms with Crippen molar-refractivity contribution in [1.82, 2.24) is 4.90 Å². The molecule has 1 atom stereocenters. The van der Waals surface area contributed by atoms with E-state index in [-0.39, 0.29) is 35.2 Å². The van der Waals surface area contributed by atoms with Gasteiger partial charge in [0.05, 0.1) is 4.92 Å². The Labute approximate surface area is 125 Å². The van der Waals surface area contributed by atoms with E-state index in [1.54, 1.807) is 0 Å². The quantitative estimate of drug-likeness (QED) is 0.678. The van der Waals surface area contributed by atoms with Crippen LogP contribution < -0.4 is 0 Å². The summed E-state index contributed by atoms with van der Waals surface area (Å²) in [7, 11) is 0. The van der Waals surface area contributed by atoms with E-state index in [0.29, 0.717) is 13.0 Å². The molecule has 1 aliphatic rings. The number of hydrogen-bond donors (Lipinski definition) is 1. The Bertz CT molecular complexity index is 604. The first kappa shape index (κ1) is 15.2. The fourth-order valence-electron chi connectivity index (χ4n) is 2.44. The average Bonchev–Trinajstić information content (AvgIpc) is 2.85. The minimum Gasteiger partial charge on any atom is -0.481 e. The smallest absolute Gasteiger partial charge is 0.303 e. The number of likely N-dealkylation sites (tertiary alicyclic amines) is 1. The minimum atomic E-state index is -0.914. The average molecular weight is 313 g/mol. The molecule has 0 bridgehead atoms. The van der Waals surface area contributed by atoms with Gasteiger partial charge in [0.15, 0.2) is 0 Å². The van der Waals surface area contributed by atoms with E-state index >= 15 is 0 Å². The summed E-state index contributed by atoms with van der Waals surface area (Å²) in [5, 5.41) is 20.0. The van der Waals surface area contributed by atoms with Gasteiger partial charge < -0.3 is 10.0 Å². The lowest BCUT2D eigenvalue weighted by molar-refractivity contribution is -0.385. The van der Waals surface area contributed by atoms with Gasteiger partial charge in [0.1, 0.15) is 5.56 Å². The molecule has 1 aromatic carbocycles. The first-order valence-corrected chi connectivity index (χ1v) is 6.71. The zero-order valence-electron chi connectivity index (χ0n) is 11.0. The molecule has 0 radical (unpaired) electrons. The van der Waals surface area contributed by atoms with Crippen molar-refractivity contribution >= 4 is 29.2 Å². The Balaban J connectivity index is 2.19. The van der Waals surface area contributed by atoms with Gasteiger partial charge in [-0.05, 0) is 24.5 Å². The number of rotatable bonds is 4. The van der Waals surface area contributed by atoms with Gasteiger partial charge in [-0.1, -0.05) is 11.6 Å². The maximum absolute atomic E-state index is 12.4. The second-order valence-corrected chi connectivity index (χ2v) is 5.36. The molecular formula is C13H13ClN2O5. The number of nitro benzene ring substituents is 1. The molecule has 1 aromatic rings. The molecule has 112 valence electrons. The highest BCUT2D eigenvalue weighted by Crippen LogP contribution is 2.27. The van der Waals surface area contributed by atoms with E-state index in [4.69, 9.17) is 16.7 Å². The van der Waals surface area contributed by atoms with Crippen LogP contribution in [-0.4, -0.2) is 39.9 Å². The summed E-state index contributed by atoms with van der Waals surface area (Å²) in [5.74, 6) is -1.52. The summed E-state index contributed by atoms with van der Waals surface area (Å²) in [5.41, 5.74) is -0.366. The minimum absolute atomic E-state index is 0.0125. The van der Waals surface area contributed by atoms with Gasteiger partial charge >= 0.3 is 5.97 Å². The fourth-order valence-corrected chi connectivity index (χ4v) is 2.61. The van der Waals surface area contributed by atoms with Crippen molar-refractivity contribution in [2.24, 2.45) is 5.92 Å². The summed E-state index contributed by atoms with van der Waals surface area (Å²) in [4.78, 5) is 34.8. The van der Waals surface area contributed by atoms with Gasteiger partial charge in [0.2, 0.25) is 0 Å². The number of halogens is 1. The van der Waals surface area contributed by atoms with Crippen LogP contribution in [0, 0.1) is 16.0 Å². The maximum Gasteiger partial charge on any atom is 0.303 e. The standard InChI is InChI=1S/C13H13ClN2O5/c14-9-1-2-11(16(20)21)10(6-9)13(19)15-4-3-8(7-15)5-12(17)18/h1-2,6,8H,3-5,7H2,(H,17,18). The molecule has 0 aromatic heterocycles. The topological polar surface area (TPSA) is 101 Å². The van der Waals surface area contributed by atoms with Gasteiger partial charge in [0.25, 0.3) is 11.6 Å². The molecule has 1 saturated heterocycles. The molecule has 0 spiro atoms. The highest BCUT2D eigenvalue weighted by molar-refractivity contribution is 6.31. The first-order chi connectivity index (χ1) is 9.88. The third-order valence-corrected chi connectivity index (χ3v) is 3.66. The van der Waals surface area contributed by atoms with Crippen molar-refractivity contribution in [1.29, 1.82) is 0 Å². The number of carboxylic acids is 1. The van der Waals surface area contributed by atoms with Gasteiger partial charge in [-0.2, -0.15) is 0 Å². The van der Waals surface area contributed by atoms with Crippen LogP contribution in [0.5, 0.6) is 0 Å². The predicted molar refractivity (Wildman–Crippen MR) is 74.4 cm³/mol. The van der Waals surface area contributed by atoms with Crippen LogP contribution in [0.25, 0.3) is 0 Å². The molecule has 1 N–H and O–H groups in total. The largest absolute Gasteiger partial charge is 0.481 e. The second-order valence-electron chi connectivity index (χ2n) is 4.92. The van der Waals surface area contributed by atoms with Gasteiger partial charge in [-0.15, -0.1) is 0 Å². The van der Waals surface area contributed by atoms with Gasteiger partial charge in [0, 0.05) is 30.6 Å². The number of amides is 1. The van der Waals surface area contributed by atoms with Crippen molar-refractivity contribution in [3.63, 3.8) is 0 Å². The zero-order chi connectivity index (χ0) is 15.6. The SMILES string of the molecule is O=C(O)CC1CCN(C(=O)c2cc(Cl)ccc2[N+](=O)[O-])C1. The Morgan fingerprint density at radius 2 is 2.19 bits per heavy atom. The van der Waals surface area contributed by atoms with Gasteiger partial charge in [-0.3, -0.25) is 19.7 Å². The van der Waals surface area contributed by atoms with Crippen molar-refractivity contribution in [3.05, 3.63) is 38.9 Å². The highest BCUT2D eigenvalue weighted by Gasteiger charge is 2.31. The van der Waals surface area contributed by atoms with E-state index in [1.165, 1.54) is 23.1 Å². The molecule has 21 heavy (non-hydrogen) atoms. The molecule has 0 aliphatic carbocycles. The Morgan fingerprint density at radius 1 is 1.48 bits per heavy atom. The first-order valence-electron chi connectivity index (χ1n) is 6.33. The molecule has 8 heteroatoms. The predicted octanol–water partition coefficient (Wildman–Crippen LogP) is 2.19. The Morgan fingerprint density at radius 3 is 2.81 bits per heavy atom. The van der Waals surface area contributed by atoms with Crippen LogP contribution in [0.3, 0.4) is 0 Å². The van der Waals surface area contributed by atoms with Crippen LogP contribution in [-0.2, 0) is 4.79 Å². The lowest BCUT2D eigenvalue weighted by Gasteiger charge is -2.16. The van der Waals surface area contributed by atoms with Crippen molar-refractivity contribution in [2.75, 3.05) is 13.1 Å². The van der Waals surface area contributed by atoms with Crippen LogP contribution in [0.4, 0.5) is 5.69 Å². The maximum atomic E-state index is 12.4. The molecule has 7 nitrogen and oxygen atoms in total. The van der Waals surface area contributed by atoms with Crippen LogP contribution in [0.2, 0.25) is 5.02 Å². The van der Waals surface area contributed by atoms with E-state index in [2.05, 4.69) is 0 Å². The fraction of sp³-hybridized carbons (Fsp3) is 0.385. The lowest BCUT2D eigenvalue weighted by atomic mass is 10.1. The van der Waals surface area contributed by atoms with Crippen molar-refractivity contribution in [2.45, 2.75) is 12.8 Å². The third kappa shape index (κ3) is 3.49. The van der Waals surface area contributed by atoms with Crippen molar-refractivity contribution < 1.29 is 19.6 Å². The molecule has 1 unspecified atom stereocenters. The molecule has 2 rings (SSSR count).